The Morgan fingerprint density at radius 2 is 1.42 bits per heavy atom. The molecule has 2 amide bonds. The fourth-order valence-electron chi connectivity index (χ4n) is 5.08. The van der Waals surface area contributed by atoms with Crippen LogP contribution >= 0.6 is 23.2 Å². The molecule has 3 fully saturated rings. The lowest BCUT2D eigenvalue weighted by Crippen LogP contribution is -2.71. The highest BCUT2D eigenvalue weighted by Gasteiger charge is 2.56. The molecule has 0 radical (unpaired) electrons. The first-order valence-corrected chi connectivity index (χ1v) is 12.8. The maximum absolute atomic E-state index is 13.7. The van der Waals surface area contributed by atoms with Crippen LogP contribution in [0, 0.1) is 11.6 Å². The molecule has 0 spiro atoms. The summed E-state index contributed by atoms with van der Waals surface area (Å²) in [5.74, 6) is -1.63. The van der Waals surface area contributed by atoms with Crippen molar-refractivity contribution < 1.29 is 37.3 Å². The molecule has 2 N–H and O–H groups in total. The van der Waals surface area contributed by atoms with Gasteiger partial charge in [-0.05, 0) is 56.4 Å². The molecule has 1 atom stereocenters. The number of nitrogens with one attached hydrogen (secondary N) is 2. The van der Waals surface area contributed by atoms with Gasteiger partial charge in [-0.2, -0.15) is 0 Å². The Labute approximate surface area is 228 Å². The average molecular weight is 573 g/mol. The Bertz CT molecular complexity index is 1180. The van der Waals surface area contributed by atoms with E-state index < -0.39 is 28.8 Å². The van der Waals surface area contributed by atoms with Crippen LogP contribution in [0.5, 0.6) is 11.5 Å². The van der Waals surface area contributed by atoms with Crippen molar-refractivity contribution in [3.63, 3.8) is 0 Å². The number of amides is 2. The van der Waals surface area contributed by atoms with Crippen LogP contribution in [0.15, 0.2) is 36.4 Å². The van der Waals surface area contributed by atoms with Gasteiger partial charge in [0.05, 0.1) is 21.7 Å². The second kappa shape index (κ2) is 12.0. The predicted molar refractivity (Wildman–Crippen MR) is 135 cm³/mol. The highest BCUT2D eigenvalue weighted by Crippen LogP contribution is 2.48. The molecule has 5 rings (SSSR count). The second-order valence-electron chi connectivity index (χ2n) is 9.53. The van der Waals surface area contributed by atoms with E-state index in [9.17, 15) is 18.4 Å². The summed E-state index contributed by atoms with van der Waals surface area (Å²) in [4.78, 5) is 25.5. The fourth-order valence-corrected chi connectivity index (χ4v) is 5.31. The lowest BCUT2D eigenvalue weighted by Gasteiger charge is -2.57. The van der Waals surface area contributed by atoms with Crippen LogP contribution in [0.1, 0.15) is 32.1 Å². The van der Waals surface area contributed by atoms with Gasteiger partial charge in [0.1, 0.15) is 29.9 Å². The molecule has 2 aromatic carbocycles. The standard InChI is InChI=1S/C26H28Cl2F2N2O6/c1-35-15-38-22-12-25(31-23(33)13-36-16-2-4-18(27)20(29)10-16)6-8-26(22,9-7-25)32-24(34)14-37-17-3-5-19(28)21(30)11-17/h2-5,10-11,22H,6-9,12-15H2,1H3,(H,31,33)(H,32,34). The first kappa shape index (κ1) is 28.4. The Hall–Kier alpha value is -2.66. The number of benzene rings is 2. The molecule has 12 heteroatoms. The van der Waals surface area contributed by atoms with Gasteiger partial charge in [0.2, 0.25) is 0 Å². The van der Waals surface area contributed by atoms with E-state index in [0.717, 1.165) is 12.1 Å². The molecular formula is C26H28Cl2F2N2O6. The van der Waals surface area contributed by atoms with Gasteiger partial charge in [-0.15, -0.1) is 0 Å². The van der Waals surface area contributed by atoms with E-state index in [1.807, 2.05) is 0 Å². The Kier molecular flexibility index (Phi) is 8.97. The van der Waals surface area contributed by atoms with Crippen molar-refractivity contribution in [2.75, 3.05) is 27.1 Å². The molecule has 2 aromatic rings. The van der Waals surface area contributed by atoms with Crippen LogP contribution in [-0.2, 0) is 19.1 Å². The molecule has 0 saturated heterocycles. The zero-order chi connectivity index (χ0) is 27.3. The SMILES string of the molecule is COCOC1CC2(NC(=O)COc3ccc(Cl)c(F)c3)CCC1(NC(=O)COc1ccc(Cl)c(F)c1)CC2. The molecule has 0 aromatic heterocycles. The van der Waals surface area contributed by atoms with Crippen molar-refractivity contribution in [2.24, 2.45) is 0 Å². The first-order chi connectivity index (χ1) is 18.1. The summed E-state index contributed by atoms with van der Waals surface area (Å²) in [5, 5.41) is 6.04. The number of ether oxygens (including phenoxy) is 4. The molecule has 1 unspecified atom stereocenters. The number of fused-ring (bicyclic) bond motifs is 3. The van der Waals surface area contributed by atoms with Crippen LogP contribution in [0.4, 0.5) is 8.78 Å². The Balaban J connectivity index is 1.35. The van der Waals surface area contributed by atoms with Crippen molar-refractivity contribution in [2.45, 2.75) is 49.3 Å². The quantitative estimate of drug-likeness (QED) is 0.387. The molecule has 3 aliphatic carbocycles. The van der Waals surface area contributed by atoms with Gasteiger partial charge in [-0.25, -0.2) is 8.78 Å². The summed E-state index contributed by atoms with van der Waals surface area (Å²) in [6.07, 6.45) is 2.31. The van der Waals surface area contributed by atoms with Gasteiger partial charge in [-0.3, -0.25) is 9.59 Å². The highest BCUT2D eigenvalue weighted by atomic mass is 35.5. The first-order valence-electron chi connectivity index (χ1n) is 12.0. The maximum atomic E-state index is 13.7. The molecule has 2 bridgehead atoms. The number of hydrogen-bond acceptors (Lipinski definition) is 6. The zero-order valence-corrected chi connectivity index (χ0v) is 22.2. The summed E-state index contributed by atoms with van der Waals surface area (Å²) in [6.45, 7) is -0.598. The minimum absolute atomic E-state index is 0.0120. The maximum Gasteiger partial charge on any atom is 0.258 e. The van der Waals surface area contributed by atoms with E-state index in [1.54, 1.807) is 0 Å². The molecule has 3 saturated carbocycles. The Morgan fingerprint density at radius 3 is 1.92 bits per heavy atom. The second-order valence-corrected chi connectivity index (χ2v) is 10.3. The van der Waals surface area contributed by atoms with Crippen molar-refractivity contribution in [3.8, 4) is 11.5 Å². The van der Waals surface area contributed by atoms with E-state index in [4.69, 9.17) is 42.1 Å². The average Bonchev–Trinajstić information content (AvgIpc) is 2.89. The van der Waals surface area contributed by atoms with E-state index in [0.29, 0.717) is 32.1 Å². The fraction of sp³-hybridized carbons (Fsp3) is 0.462. The van der Waals surface area contributed by atoms with E-state index >= 15 is 0 Å². The topological polar surface area (TPSA) is 95.1 Å². The van der Waals surface area contributed by atoms with Crippen LogP contribution in [0.3, 0.4) is 0 Å². The largest absolute Gasteiger partial charge is 0.484 e. The molecule has 38 heavy (non-hydrogen) atoms. The van der Waals surface area contributed by atoms with E-state index in [1.165, 1.54) is 31.4 Å². The van der Waals surface area contributed by atoms with E-state index in [2.05, 4.69) is 10.6 Å². The summed E-state index contributed by atoms with van der Waals surface area (Å²) >= 11 is 11.4. The van der Waals surface area contributed by atoms with Crippen LogP contribution in [-0.4, -0.2) is 56.1 Å². The van der Waals surface area contributed by atoms with Gasteiger partial charge >= 0.3 is 0 Å². The molecular weight excluding hydrogens is 545 g/mol. The molecule has 8 nitrogen and oxygen atoms in total. The molecule has 3 aliphatic rings. The van der Waals surface area contributed by atoms with Gasteiger partial charge in [-0.1, -0.05) is 23.2 Å². The molecule has 206 valence electrons. The zero-order valence-electron chi connectivity index (χ0n) is 20.7. The lowest BCUT2D eigenvalue weighted by molar-refractivity contribution is -0.161. The number of carbonyl (C=O) groups is 2. The van der Waals surface area contributed by atoms with E-state index in [-0.39, 0.29) is 53.4 Å². The summed E-state index contributed by atoms with van der Waals surface area (Å²) < 4.78 is 49.2. The summed E-state index contributed by atoms with van der Waals surface area (Å²) in [6, 6.07) is 7.91. The molecule has 0 heterocycles. The summed E-state index contributed by atoms with van der Waals surface area (Å²) in [7, 11) is 1.50. The third-order valence-electron chi connectivity index (χ3n) is 6.99. The smallest absolute Gasteiger partial charge is 0.258 e. The van der Waals surface area contributed by atoms with Gasteiger partial charge in [0.25, 0.3) is 11.8 Å². The third kappa shape index (κ3) is 6.66. The van der Waals surface area contributed by atoms with Crippen LogP contribution in [0.25, 0.3) is 0 Å². The minimum Gasteiger partial charge on any atom is -0.484 e. The Morgan fingerprint density at radius 1 is 0.895 bits per heavy atom. The number of carbonyl (C=O) groups excluding carboxylic acids is 2. The number of methoxy groups -OCH3 is 1. The van der Waals surface area contributed by atoms with Crippen molar-refractivity contribution >= 4 is 35.0 Å². The van der Waals surface area contributed by atoms with Gasteiger partial charge < -0.3 is 29.6 Å². The van der Waals surface area contributed by atoms with Crippen LogP contribution in [0.2, 0.25) is 10.0 Å². The van der Waals surface area contributed by atoms with Crippen LogP contribution < -0.4 is 20.1 Å². The van der Waals surface area contributed by atoms with Gasteiger partial charge in [0, 0.05) is 24.8 Å². The predicted octanol–water partition coefficient (Wildman–Crippen LogP) is 4.41. The number of hydrogen-bond donors (Lipinski definition) is 2. The number of rotatable bonds is 11. The van der Waals surface area contributed by atoms with Gasteiger partial charge in [0.15, 0.2) is 13.2 Å². The third-order valence-corrected chi connectivity index (χ3v) is 7.61. The molecule has 0 aliphatic heterocycles. The minimum atomic E-state index is -0.673. The lowest BCUT2D eigenvalue weighted by atomic mass is 9.59. The van der Waals surface area contributed by atoms with Crippen molar-refractivity contribution in [1.29, 1.82) is 0 Å². The van der Waals surface area contributed by atoms with Crippen molar-refractivity contribution in [1.82, 2.24) is 10.6 Å². The van der Waals surface area contributed by atoms with Crippen molar-refractivity contribution in [3.05, 3.63) is 58.1 Å². The normalized spacial score (nSPS) is 24.1. The monoisotopic (exact) mass is 572 g/mol. The number of halogens is 4. The summed E-state index contributed by atoms with van der Waals surface area (Å²) in [5.41, 5.74) is -1.22. The highest BCUT2D eigenvalue weighted by molar-refractivity contribution is 6.31.